The quantitative estimate of drug-likeness (QED) is 0.529. The van der Waals surface area contributed by atoms with Crippen LogP contribution in [0.1, 0.15) is 37.8 Å². The molecule has 1 amide bonds. The summed E-state index contributed by atoms with van der Waals surface area (Å²) in [4.78, 5) is 13.0. The monoisotopic (exact) mass is 449 g/mol. The van der Waals surface area contributed by atoms with Gasteiger partial charge in [0.1, 0.15) is 0 Å². The summed E-state index contributed by atoms with van der Waals surface area (Å²) in [5.41, 5.74) is -0.680. The Labute approximate surface area is 174 Å². The van der Waals surface area contributed by atoms with E-state index in [1.54, 1.807) is 26.0 Å². The van der Waals surface area contributed by atoms with Crippen LogP contribution < -0.4 is 0 Å². The molecule has 0 saturated heterocycles. The van der Waals surface area contributed by atoms with E-state index in [-0.39, 0.29) is 19.4 Å². The number of aliphatic hydroxyl groups is 2. The lowest BCUT2D eigenvalue weighted by Gasteiger charge is -2.35. The maximum Gasteiger partial charge on any atom is 0.407 e. The number of benzene rings is 2. The third kappa shape index (κ3) is 6.93. The Kier molecular flexibility index (Phi) is 7.63. The third-order valence-electron chi connectivity index (χ3n) is 4.69. The highest BCUT2D eigenvalue weighted by atomic mass is 79.9. The van der Waals surface area contributed by atoms with Crippen LogP contribution in [0.4, 0.5) is 4.79 Å². The number of carbonyl (C=O) groups is 1. The Hall–Kier alpha value is -1.89. The molecule has 3 N–H and O–H groups in total. The zero-order valence-corrected chi connectivity index (χ0v) is 17.9. The van der Waals surface area contributed by atoms with Gasteiger partial charge in [-0.25, -0.2) is 4.79 Å². The van der Waals surface area contributed by atoms with Crippen LogP contribution in [0, 0.1) is 0 Å². The van der Waals surface area contributed by atoms with Gasteiger partial charge < -0.3 is 20.2 Å². The highest BCUT2D eigenvalue weighted by Crippen LogP contribution is 2.34. The molecule has 0 aliphatic carbocycles. The molecule has 6 heteroatoms. The zero-order chi connectivity index (χ0) is 20.8. The van der Waals surface area contributed by atoms with E-state index in [9.17, 15) is 20.1 Å². The lowest BCUT2D eigenvalue weighted by molar-refractivity contribution is -0.0588. The van der Waals surface area contributed by atoms with Crippen molar-refractivity contribution in [1.82, 2.24) is 4.90 Å². The topological polar surface area (TPSA) is 81.0 Å². The van der Waals surface area contributed by atoms with Crippen LogP contribution in [0.3, 0.4) is 0 Å². The van der Waals surface area contributed by atoms with Gasteiger partial charge >= 0.3 is 6.09 Å². The molecule has 0 spiro atoms. The van der Waals surface area contributed by atoms with Crippen molar-refractivity contribution in [2.45, 2.75) is 44.3 Å². The molecule has 0 fully saturated rings. The first-order valence-electron chi connectivity index (χ1n) is 9.32. The molecule has 2 rings (SSSR count). The molecule has 0 aliphatic rings. The van der Waals surface area contributed by atoms with Gasteiger partial charge in [-0.05, 0) is 49.9 Å². The van der Waals surface area contributed by atoms with E-state index in [1.807, 2.05) is 42.5 Å². The molecule has 0 radical (unpaired) electrons. The van der Waals surface area contributed by atoms with Crippen molar-refractivity contribution in [2.75, 3.05) is 13.1 Å². The van der Waals surface area contributed by atoms with Gasteiger partial charge in [-0.1, -0.05) is 58.4 Å². The molecule has 0 aliphatic heterocycles. The van der Waals surface area contributed by atoms with E-state index in [0.717, 1.165) is 10.0 Å². The van der Waals surface area contributed by atoms with Crippen LogP contribution in [-0.4, -0.2) is 45.0 Å². The minimum absolute atomic E-state index is 0.115. The predicted octanol–water partition coefficient (Wildman–Crippen LogP) is 4.41. The van der Waals surface area contributed by atoms with Gasteiger partial charge in [0.05, 0.1) is 11.2 Å². The molecule has 1 atom stereocenters. The number of carboxylic acid groups (broad SMARTS) is 1. The SMILES string of the molecule is CC(C)(O)C[C@@](O)(CCN(CCc1ccc(Br)cc1)C(=O)O)c1ccccc1. The first kappa shape index (κ1) is 22.4. The highest BCUT2D eigenvalue weighted by Gasteiger charge is 2.35. The Morgan fingerprint density at radius 1 is 1.00 bits per heavy atom. The molecule has 0 bridgehead atoms. The van der Waals surface area contributed by atoms with E-state index in [0.29, 0.717) is 18.5 Å². The van der Waals surface area contributed by atoms with E-state index in [2.05, 4.69) is 15.9 Å². The molecule has 0 aromatic heterocycles. The third-order valence-corrected chi connectivity index (χ3v) is 5.21. The van der Waals surface area contributed by atoms with E-state index in [4.69, 9.17) is 0 Å². The molecular formula is C22H28BrNO4. The van der Waals surface area contributed by atoms with Gasteiger partial charge in [0.15, 0.2) is 0 Å². The summed E-state index contributed by atoms with van der Waals surface area (Å²) in [7, 11) is 0. The fraction of sp³-hybridized carbons (Fsp3) is 0.409. The van der Waals surface area contributed by atoms with Crippen molar-refractivity contribution in [1.29, 1.82) is 0 Å². The smallest absolute Gasteiger partial charge is 0.407 e. The molecule has 0 saturated carbocycles. The largest absolute Gasteiger partial charge is 0.465 e. The normalized spacial score (nSPS) is 13.8. The van der Waals surface area contributed by atoms with E-state index >= 15 is 0 Å². The standard InChI is InChI=1S/C22H28BrNO4/c1-21(2,27)16-22(28,18-6-4-3-5-7-18)13-15-24(20(25)26)14-12-17-8-10-19(23)11-9-17/h3-11,27-28H,12-16H2,1-2H3,(H,25,26)/t22-/m0/s1. The fourth-order valence-electron chi connectivity index (χ4n) is 3.34. The molecule has 2 aromatic carbocycles. The summed E-state index contributed by atoms with van der Waals surface area (Å²) >= 11 is 3.39. The van der Waals surface area contributed by atoms with Crippen molar-refractivity contribution in [3.05, 3.63) is 70.2 Å². The Bertz CT molecular complexity index is 758. The van der Waals surface area contributed by atoms with Crippen LogP contribution in [-0.2, 0) is 12.0 Å². The molecule has 0 unspecified atom stereocenters. The number of rotatable bonds is 9. The summed E-state index contributed by atoms with van der Waals surface area (Å²) in [6.45, 7) is 3.80. The van der Waals surface area contributed by atoms with Crippen molar-refractivity contribution < 1.29 is 20.1 Å². The summed E-state index contributed by atoms with van der Waals surface area (Å²) in [6.07, 6.45) is -0.108. The van der Waals surface area contributed by atoms with Gasteiger partial charge in [-0.3, -0.25) is 0 Å². The van der Waals surface area contributed by atoms with E-state index < -0.39 is 17.3 Å². The van der Waals surface area contributed by atoms with Crippen LogP contribution in [0.15, 0.2) is 59.1 Å². The second kappa shape index (κ2) is 9.54. The number of hydrogen-bond acceptors (Lipinski definition) is 3. The molecule has 28 heavy (non-hydrogen) atoms. The predicted molar refractivity (Wildman–Crippen MR) is 113 cm³/mol. The molecule has 152 valence electrons. The van der Waals surface area contributed by atoms with E-state index in [1.165, 1.54) is 4.90 Å². The lowest BCUT2D eigenvalue weighted by atomic mass is 9.81. The highest BCUT2D eigenvalue weighted by molar-refractivity contribution is 9.10. The first-order chi connectivity index (χ1) is 13.1. The minimum atomic E-state index is -1.31. The maximum absolute atomic E-state index is 11.7. The van der Waals surface area contributed by atoms with Crippen LogP contribution in [0.5, 0.6) is 0 Å². The summed E-state index contributed by atoms with van der Waals surface area (Å²) < 4.78 is 0.978. The van der Waals surface area contributed by atoms with Gasteiger partial charge in [0.25, 0.3) is 0 Å². The number of hydrogen-bond donors (Lipinski definition) is 3. The molecule has 0 heterocycles. The van der Waals surface area contributed by atoms with Crippen molar-refractivity contribution in [3.63, 3.8) is 0 Å². The molecule has 5 nitrogen and oxygen atoms in total. The summed E-state index contributed by atoms with van der Waals surface area (Å²) in [5.74, 6) is 0. The minimum Gasteiger partial charge on any atom is -0.465 e. The number of amides is 1. The Balaban J connectivity index is 2.09. The van der Waals surface area contributed by atoms with Crippen LogP contribution in [0.25, 0.3) is 0 Å². The van der Waals surface area contributed by atoms with Gasteiger partial charge in [0, 0.05) is 24.0 Å². The van der Waals surface area contributed by atoms with Gasteiger partial charge in [-0.2, -0.15) is 0 Å². The van der Waals surface area contributed by atoms with Crippen molar-refractivity contribution >= 4 is 22.0 Å². The van der Waals surface area contributed by atoms with Crippen LogP contribution in [0.2, 0.25) is 0 Å². The Morgan fingerprint density at radius 2 is 1.61 bits per heavy atom. The number of nitrogens with zero attached hydrogens (tertiary/aromatic N) is 1. The molecule has 2 aromatic rings. The van der Waals surface area contributed by atoms with Crippen molar-refractivity contribution in [3.8, 4) is 0 Å². The fourth-order valence-corrected chi connectivity index (χ4v) is 3.60. The average Bonchev–Trinajstić information content (AvgIpc) is 2.62. The van der Waals surface area contributed by atoms with Crippen molar-refractivity contribution in [2.24, 2.45) is 0 Å². The lowest BCUT2D eigenvalue weighted by Crippen LogP contribution is -2.41. The van der Waals surface area contributed by atoms with Gasteiger partial charge in [0.2, 0.25) is 0 Å². The summed E-state index contributed by atoms with van der Waals surface area (Å²) in [5, 5.41) is 31.1. The molecular weight excluding hydrogens is 422 g/mol. The van der Waals surface area contributed by atoms with Gasteiger partial charge in [-0.15, -0.1) is 0 Å². The number of halogens is 1. The maximum atomic E-state index is 11.7. The first-order valence-corrected chi connectivity index (χ1v) is 10.1. The average molecular weight is 450 g/mol. The summed E-state index contributed by atoms with van der Waals surface area (Å²) in [6, 6.07) is 16.9. The van der Waals surface area contributed by atoms with Crippen LogP contribution >= 0.6 is 15.9 Å². The zero-order valence-electron chi connectivity index (χ0n) is 16.3. The second-order valence-corrected chi connectivity index (χ2v) is 8.70. The Morgan fingerprint density at radius 3 is 2.14 bits per heavy atom. The second-order valence-electron chi connectivity index (χ2n) is 7.78.